The van der Waals surface area contributed by atoms with Crippen molar-refractivity contribution < 1.29 is 41.0 Å². The molecule has 1 N–H and O–H groups in total. The van der Waals surface area contributed by atoms with Crippen molar-refractivity contribution in [2.24, 2.45) is 0 Å². The minimum atomic E-state index is -4.80. The normalized spacial score (nSPS) is 12.7. The molecule has 0 saturated heterocycles. The van der Waals surface area contributed by atoms with Crippen LogP contribution in [0.4, 0.5) is 13.2 Å². The standard InChI is InChI=1S/C30H33F3O6S/c1-3-38-27-20-23(11-7-15-26(34)29(35)25-14-5-4-9-21(25)2)16-17-28(27)40(36,37)18-8-12-22-10-6-13-24(19-22)39-30(31,32)33/h4-6,9-10,13-14,16-17,19-20,29,35H,3,7-8,11-12,15,18H2,1-2H3/t29-/m0/s1. The molecule has 0 heterocycles. The molecule has 3 aromatic carbocycles. The Morgan fingerprint density at radius 1 is 0.950 bits per heavy atom. The maximum absolute atomic E-state index is 13.1. The predicted octanol–water partition coefficient (Wildman–Crippen LogP) is 6.32. The van der Waals surface area contributed by atoms with Crippen molar-refractivity contribution in [2.45, 2.75) is 63.3 Å². The number of Topliss-reactive ketones (excluding diaryl/α,β-unsaturated/α-hetero) is 1. The van der Waals surface area contributed by atoms with Gasteiger partial charge in [0.15, 0.2) is 15.6 Å². The summed E-state index contributed by atoms with van der Waals surface area (Å²) in [6.07, 6.45) is -4.43. The number of aliphatic hydroxyl groups is 1. The number of hydrogen-bond acceptors (Lipinski definition) is 6. The van der Waals surface area contributed by atoms with E-state index < -0.39 is 22.3 Å². The number of sulfone groups is 1. The minimum absolute atomic E-state index is 0.0401. The quantitative estimate of drug-likeness (QED) is 0.241. The van der Waals surface area contributed by atoms with Crippen molar-refractivity contribution in [3.63, 3.8) is 0 Å². The lowest BCUT2D eigenvalue weighted by Gasteiger charge is -2.14. The number of aliphatic hydroxyl groups excluding tert-OH is 1. The third-order valence-corrected chi connectivity index (χ3v) is 8.16. The molecule has 0 saturated carbocycles. The van der Waals surface area contributed by atoms with Crippen LogP contribution in [0.1, 0.15) is 54.5 Å². The first-order chi connectivity index (χ1) is 18.9. The van der Waals surface area contributed by atoms with E-state index in [9.17, 15) is 31.5 Å². The maximum atomic E-state index is 13.1. The third kappa shape index (κ3) is 9.09. The van der Waals surface area contributed by atoms with Crippen LogP contribution in [0.3, 0.4) is 0 Å². The Morgan fingerprint density at radius 2 is 1.65 bits per heavy atom. The first-order valence-corrected chi connectivity index (χ1v) is 14.6. The van der Waals surface area contributed by atoms with Crippen LogP contribution in [0, 0.1) is 6.92 Å². The molecule has 40 heavy (non-hydrogen) atoms. The highest BCUT2D eigenvalue weighted by Gasteiger charge is 2.31. The Hall–Kier alpha value is -3.37. The van der Waals surface area contributed by atoms with Crippen LogP contribution >= 0.6 is 0 Å². The Balaban J connectivity index is 1.60. The fraction of sp³-hybridized carbons (Fsp3) is 0.367. The summed E-state index contributed by atoms with van der Waals surface area (Å²) < 4.78 is 73.2. The van der Waals surface area contributed by atoms with Crippen molar-refractivity contribution in [2.75, 3.05) is 12.4 Å². The van der Waals surface area contributed by atoms with Crippen LogP contribution in [0.25, 0.3) is 0 Å². The lowest BCUT2D eigenvalue weighted by molar-refractivity contribution is -0.274. The summed E-state index contributed by atoms with van der Waals surface area (Å²) in [6.45, 7) is 3.82. The topological polar surface area (TPSA) is 89.9 Å². The van der Waals surface area contributed by atoms with Crippen molar-refractivity contribution in [3.05, 3.63) is 89.0 Å². The zero-order chi connectivity index (χ0) is 29.3. The molecule has 0 spiro atoms. The Bertz CT molecular complexity index is 1400. The van der Waals surface area contributed by atoms with Crippen LogP contribution in [0.5, 0.6) is 11.5 Å². The van der Waals surface area contributed by atoms with Crippen LogP contribution in [0.15, 0.2) is 71.6 Å². The molecule has 0 aliphatic carbocycles. The van der Waals surface area contributed by atoms with Crippen LogP contribution in [-0.4, -0.2) is 38.0 Å². The van der Waals surface area contributed by atoms with Crippen molar-refractivity contribution >= 4 is 15.6 Å². The van der Waals surface area contributed by atoms with Crippen LogP contribution < -0.4 is 9.47 Å². The fourth-order valence-electron chi connectivity index (χ4n) is 4.38. The number of carbonyl (C=O) groups excluding carboxylic acids is 1. The number of ketones is 1. The monoisotopic (exact) mass is 578 g/mol. The zero-order valence-electron chi connectivity index (χ0n) is 22.4. The molecule has 0 bridgehead atoms. The Morgan fingerprint density at radius 3 is 2.35 bits per heavy atom. The zero-order valence-corrected chi connectivity index (χ0v) is 23.2. The highest BCUT2D eigenvalue weighted by Crippen LogP contribution is 2.29. The molecule has 0 unspecified atom stereocenters. The average Bonchev–Trinajstić information content (AvgIpc) is 2.88. The van der Waals surface area contributed by atoms with Gasteiger partial charge in [-0.2, -0.15) is 0 Å². The molecule has 1 atom stereocenters. The van der Waals surface area contributed by atoms with Crippen LogP contribution in [-0.2, 0) is 27.5 Å². The summed E-state index contributed by atoms with van der Waals surface area (Å²) in [5.74, 6) is -0.642. The lowest BCUT2D eigenvalue weighted by atomic mass is 9.97. The van der Waals surface area contributed by atoms with Gasteiger partial charge in [-0.3, -0.25) is 4.79 Å². The van der Waals surface area contributed by atoms with E-state index in [4.69, 9.17) is 4.74 Å². The van der Waals surface area contributed by atoms with Gasteiger partial charge < -0.3 is 14.6 Å². The number of benzene rings is 3. The van der Waals surface area contributed by atoms with Gasteiger partial charge in [-0.05, 0) is 86.1 Å². The molecule has 0 amide bonds. The molecule has 0 fully saturated rings. The lowest BCUT2D eigenvalue weighted by Crippen LogP contribution is -2.17. The number of carbonyl (C=O) groups is 1. The molecule has 3 aromatic rings. The van der Waals surface area contributed by atoms with Gasteiger partial charge in [-0.15, -0.1) is 13.2 Å². The van der Waals surface area contributed by atoms with Gasteiger partial charge in [0.1, 0.15) is 22.5 Å². The Kier molecular flexibility index (Phi) is 10.8. The molecule has 216 valence electrons. The van der Waals surface area contributed by atoms with E-state index in [1.54, 1.807) is 37.3 Å². The summed E-state index contributed by atoms with van der Waals surface area (Å²) in [5, 5.41) is 10.4. The second-order valence-corrected chi connectivity index (χ2v) is 11.5. The van der Waals surface area contributed by atoms with Gasteiger partial charge in [0, 0.05) is 6.42 Å². The molecule has 6 nitrogen and oxygen atoms in total. The van der Waals surface area contributed by atoms with Gasteiger partial charge in [0.25, 0.3) is 0 Å². The maximum Gasteiger partial charge on any atom is 0.573 e. The van der Waals surface area contributed by atoms with Crippen molar-refractivity contribution in [1.29, 1.82) is 0 Å². The summed E-state index contributed by atoms with van der Waals surface area (Å²) in [7, 11) is -3.74. The van der Waals surface area contributed by atoms with E-state index in [0.29, 0.717) is 24.0 Å². The average molecular weight is 579 g/mol. The SMILES string of the molecule is CCOc1cc(CCCC(=O)[C@@H](O)c2ccccc2C)ccc1S(=O)(=O)CCCc1cccc(OC(F)(F)F)c1. The summed E-state index contributed by atoms with van der Waals surface area (Å²) in [4.78, 5) is 12.6. The highest BCUT2D eigenvalue weighted by atomic mass is 32.2. The number of ether oxygens (including phenoxy) is 2. The molecule has 0 aliphatic rings. The number of aryl methyl sites for hydroxylation is 3. The van der Waals surface area contributed by atoms with E-state index in [-0.39, 0.29) is 53.8 Å². The van der Waals surface area contributed by atoms with Crippen LogP contribution in [0.2, 0.25) is 0 Å². The smallest absolute Gasteiger partial charge is 0.493 e. The highest BCUT2D eigenvalue weighted by molar-refractivity contribution is 7.91. The molecule has 0 radical (unpaired) electrons. The second kappa shape index (κ2) is 13.8. The van der Waals surface area contributed by atoms with Gasteiger partial charge in [-0.1, -0.05) is 42.5 Å². The van der Waals surface area contributed by atoms with E-state index in [2.05, 4.69) is 4.74 Å². The molecule has 3 rings (SSSR count). The van der Waals surface area contributed by atoms with E-state index in [0.717, 1.165) is 11.1 Å². The molecular formula is C30H33F3O6S. The van der Waals surface area contributed by atoms with Gasteiger partial charge in [-0.25, -0.2) is 8.42 Å². The summed E-state index contributed by atoms with van der Waals surface area (Å²) >= 11 is 0. The number of alkyl halides is 3. The molecule has 0 aromatic heterocycles. The van der Waals surface area contributed by atoms with Gasteiger partial charge >= 0.3 is 6.36 Å². The largest absolute Gasteiger partial charge is 0.573 e. The van der Waals surface area contributed by atoms with Crippen molar-refractivity contribution in [3.8, 4) is 11.5 Å². The first-order valence-electron chi connectivity index (χ1n) is 13.0. The Labute approximate surface area is 232 Å². The number of rotatable bonds is 14. The van der Waals surface area contributed by atoms with Gasteiger partial charge in [0.05, 0.1) is 12.4 Å². The van der Waals surface area contributed by atoms with Crippen molar-refractivity contribution in [1.82, 2.24) is 0 Å². The summed E-state index contributed by atoms with van der Waals surface area (Å²) in [5.41, 5.74) is 2.75. The fourth-order valence-corrected chi connectivity index (χ4v) is 5.82. The van der Waals surface area contributed by atoms with Gasteiger partial charge in [0.2, 0.25) is 0 Å². The molecule has 0 aliphatic heterocycles. The van der Waals surface area contributed by atoms with E-state index in [1.807, 2.05) is 19.1 Å². The molecule has 10 heteroatoms. The molecular weight excluding hydrogens is 545 g/mol. The minimum Gasteiger partial charge on any atom is -0.493 e. The predicted molar refractivity (Wildman–Crippen MR) is 145 cm³/mol. The number of halogens is 3. The third-order valence-electron chi connectivity index (χ3n) is 6.33. The van der Waals surface area contributed by atoms with E-state index >= 15 is 0 Å². The van der Waals surface area contributed by atoms with E-state index in [1.165, 1.54) is 24.3 Å². The number of hydrogen-bond donors (Lipinski definition) is 1. The first kappa shape index (κ1) is 31.2. The summed E-state index contributed by atoms with van der Waals surface area (Å²) in [6, 6.07) is 17.4. The second-order valence-electron chi connectivity index (χ2n) is 9.41.